The maximum Gasteiger partial charge on any atom is 0.0178 e. The van der Waals surface area contributed by atoms with E-state index in [1.165, 1.54) is 11.1 Å². The Hall–Kier alpha value is -1.12. The number of nitrogens with two attached hydrogens (primary N) is 1. The van der Waals surface area contributed by atoms with Crippen LogP contribution < -0.4 is 5.73 Å². The molecule has 0 aliphatic heterocycles. The van der Waals surface area contributed by atoms with E-state index in [-0.39, 0.29) is 11.5 Å². The minimum atomic E-state index is -0.0381. The summed E-state index contributed by atoms with van der Waals surface area (Å²) in [7, 11) is 0. The van der Waals surface area contributed by atoms with E-state index in [2.05, 4.69) is 72.2 Å². The highest BCUT2D eigenvalue weighted by atomic mass is 79.9. The minimum Gasteiger partial charge on any atom is -0.327 e. The van der Waals surface area contributed by atoms with E-state index in [0.29, 0.717) is 0 Å². The number of hydrogen-bond donors (Lipinski definition) is 1. The van der Waals surface area contributed by atoms with Crippen molar-refractivity contribution in [2.75, 3.05) is 0 Å². The Morgan fingerprint density at radius 1 is 1.05 bits per heavy atom. The molecule has 0 spiro atoms. The van der Waals surface area contributed by atoms with Gasteiger partial charge in [-0.3, -0.25) is 0 Å². The number of rotatable bonds is 4. The molecule has 2 aromatic rings. The highest BCUT2D eigenvalue weighted by molar-refractivity contribution is 9.10. The molecule has 1 atom stereocenters. The monoisotopic (exact) mass is 317 g/mol. The molecule has 1 unspecified atom stereocenters. The first-order chi connectivity index (χ1) is 9.00. The third-order valence-corrected chi connectivity index (χ3v) is 4.28. The molecule has 2 rings (SSSR count). The molecule has 0 aliphatic carbocycles. The highest BCUT2D eigenvalue weighted by Gasteiger charge is 2.28. The van der Waals surface area contributed by atoms with E-state index in [4.69, 9.17) is 5.73 Å². The zero-order chi connectivity index (χ0) is 13.9. The molecule has 2 heteroatoms. The van der Waals surface area contributed by atoms with Gasteiger partial charge in [-0.25, -0.2) is 0 Å². The van der Waals surface area contributed by atoms with Crippen LogP contribution in [-0.2, 0) is 11.8 Å². The highest BCUT2D eigenvalue weighted by Crippen LogP contribution is 2.28. The third kappa shape index (κ3) is 3.46. The summed E-state index contributed by atoms with van der Waals surface area (Å²) in [5.41, 5.74) is 8.97. The van der Waals surface area contributed by atoms with Crippen LogP contribution >= 0.6 is 15.9 Å². The van der Waals surface area contributed by atoms with Crippen molar-refractivity contribution in [1.82, 2.24) is 0 Å². The maximum absolute atomic E-state index is 6.45. The van der Waals surface area contributed by atoms with Gasteiger partial charge < -0.3 is 5.73 Å². The van der Waals surface area contributed by atoms with Crippen LogP contribution in [0.25, 0.3) is 0 Å². The lowest BCUT2D eigenvalue weighted by Crippen LogP contribution is -2.42. The van der Waals surface area contributed by atoms with E-state index in [0.717, 1.165) is 10.9 Å². The fraction of sp³-hybridized carbons (Fsp3) is 0.294. The Bertz CT molecular complexity index is 534. The molecule has 100 valence electrons. The average molecular weight is 318 g/mol. The molecule has 0 saturated carbocycles. The van der Waals surface area contributed by atoms with Crippen molar-refractivity contribution in [3.05, 3.63) is 70.2 Å². The van der Waals surface area contributed by atoms with Crippen LogP contribution in [0.2, 0.25) is 0 Å². The molecule has 0 saturated heterocycles. The normalized spacial score (nSPS) is 13.3. The van der Waals surface area contributed by atoms with Gasteiger partial charge in [-0.2, -0.15) is 0 Å². The van der Waals surface area contributed by atoms with E-state index in [9.17, 15) is 0 Å². The molecule has 2 aromatic carbocycles. The van der Waals surface area contributed by atoms with Gasteiger partial charge >= 0.3 is 0 Å². The molecular formula is C17H20BrN. The Morgan fingerprint density at radius 2 is 1.74 bits per heavy atom. The molecule has 1 nitrogen and oxygen atoms in total. The Balaban J connectivity index is 2.17. The number of hydrogen-bond acceptors (Lipinski definition) is 1. The van der Waals surface area contributed by atoms with Crippen molar-refractivity contribution in [2.24, 2.45) is 5.73 Å². The predicted octanol–water partition coefficient (Wildman–Crippen LogP) is 4.30. The van der Waals surface area contributed by atoms with Crippen LogP contribution in [0.3, 0.4) is 0 Å². The smallest absolute Gasteiger partial charge is 0.0178 e. The van der Waals surface area contributed by atoms with Crippen LogP contribution in [0, 0.1) is 0 Å². The van der Waals surface area contributed by atoms with E-state index in [1.54, 1.807) is 0 Å². The fourth-order valence-electron chi connectivity index (χ4n) is 2.25. The molecule has 19 heavy (non-hydrogen) atoms. The van der Waals surface area contributed by atoms with E-state index < -0.39 is 0 Å². The molecule has 0 aliphatic rings. The van der Waals surface area contributed by atoms with Crippen molar-refractivity contribution in [3.8, 4) is 0 Å². The second-order valence-electron chi connectivity index (χ2n) is 5.53. The van der Waals surface area contributed by atoms with Gasteiger partial charge in [-0.05, 0) is 29.7 Å². The van der Waals surface area contributed by atoms with Gasteiger partial charge in [0.05, 0.1) is 0 Å². The molecule has 0 aromatic heterocycles. The van der Waals surface area contributed by atoms with Crippen molar-refractivity contribution in [1.29, 1.82) is 0 Å². The van der Waals surface area contributed by atoms with Crippen LogP contribution in [0.4, 0.5) is 0 Å². The molecule has 0 bridgehead atoms. The van der Waals surface area contributed by atoms with Crippen molar-refractivity contribution in [2.45, 2.75) is 31.7 Å². The standard InChI is InChI=1S/C17H20BrN/c1-17(2,14-8-4-3-5-9-14)16(19)12-13-7-6-10-15(18)11-13/h3-11,16H,12,19H2,1-2H3. The third-order valence-electron chi connectivity index (χ3n) is 3.79. The summed E-state index contributed by atoms with van der Waals surface area (Å²) < 4.78 is 1.11. The lowest BCUT2D eigenvalue weighted by atomic mass is 9.76. The molecule has 0 fully saturated rings. The van der Waals surface area contributed by atoms with Crippen LogP contribution in [0.5, 0.6) is 0 Å². The Kier molecular flexibility index (Phi) is 4.43. The summed E-state index contributed by atoms with van der Waals surface area (Å²) in [5, 5.41) is 0. The zero-order valence-corrected chi connectivity index (χ0v) is 13.0. The van der Waals surface area contributed by atoms with Crippen molar-refractivity contribution < 1.29 is 0 Å². The second-order valence-corrected chi connectivity index (χ2v) is 6.44. The van der Waals surface area contributed by atoms with Crippen molar-refractivity contribution >= 4 is 15.9 Å². The molecule has 0 heterocycles. The van der Waals surface area contributed by atoms with Gasteiger partial charge in [0.25, 0.3) is 0 Å². The first-order valence-corrected chi connectivity index (χ1v) is 7.35. The molecular weight excluding hydrogens is 298 g/mol. The summed E-state index contributed by atoms with van der Waals surface area (Å²) in [5.74, 6) is 0. The van der Waals surface area contributed by atoms with Crippen molar-refractivity contribution in [3.63, 3.8) is 0 Å². The Morgan fingerprint density at radius 3 is 2.37 bits per heavy atom. The summed E-state index contributed by atoms with van der Waals surface area (Å²) in [6, 6.07) is 18.9. The van der Waals surface area contributed by atoms with Gasteiger partial charge in [-0.15, -0.1) is 0 Å². The summed E-state index contributed by atoms with van der Waals surface area (Å²) in [4.78, 5) is 0. The molecule has 2 N–H and O–H groups in total. The van der Waals surface area contributed by atoms with E-state index in [1.807, 2.05) is 12.1 Å². The van der Waals surface area contributed by atoms with Gasteiger partial charge in [0.15, 0.2) is 0 Å². The fourth-order valence-corrected chi connectivity index (χ4v) is 2.70. The molecule has 0 radical (unpaired) electrons. The van der Waals surface area contributed by atoms with Gasteiger partial charge in [0, 0.05) is 15.9 Å². The van der Waals surface area contributed by atoms with Gasteiger partial charge in [-0.1, -0.05) is 72.2 Å². The lowest BCUT2D eigenvalue weighted by Gasteiger charge is -2.32. The quantitative estimate of drug-likeness (QED) is 0.894. The summed E-state index contributed by atoms with van der Waals surface area (Å²) in [6.45, 7) is 4.43. The van der Waals surface area contributed by atoms with Crippen LogP contribution in [0.15, 0.2) is 59.1 Å². The summed E-state index contributed by atoms with van der Waals surface area (Å²) >= 11 is 3.51. The van der Waals surface area contributed by atoms with Crippen LogP contribution in [0.1, 0.15) is 25.0 Å². The van der Waals surface area contributed by atoms with Gasteiger partial charge in [0.1, 0.15) is 0 Å². The maximum atomic E-state index is 6.45. The zero-order valence-electron chi connectivity index (χ0n) is 11.4. The largest absolute Gasteiger partial charge is 0.327 e. The Labute approximate surface area is 124 Å². The van der Waals surface area contributed by atoms with E-state index >= 15 is 0 Å². The lowest BCUT2D eigenvalue weighted by molar-refractivity contribution is 0.406. The predicted molar refractivity (Wildman–Crippen MR) is 85.3 cm³/mol. The number of benzene rings is 2. The topological polar surface area (TPSA) is 26.0 Å². The number of halogens is 1. The minimum absolute atomic E-state index is 0.0381. The van der Waals surface area contributed by atoms with Gasteiger partial charge in [0.2, 0.25) is 0 Å². The second kappa shape index (κ2) is 5.89. The molecule has 0 amide bonds. The SMILES string of the molecule is CC(C)(c1ccccc1)C(N)Cc1cccc(Br)c1. The van der Waals surface area contributed by atoms with Crippen LogP contribution in [-0.4, -0.2) is 6.04 Å². The summed E-state index contributed by atoms with van der Waals surface area (Å²) in [6.07, 6.45) is 0.876. The first kappa shape index (κ1) is 14.3. The first-order valence-electron chi connectivity index (χ1n) is 6.55. The average Bonchev–Trinajstić information content (AvgIpc) is 2.39.